The molecule has 0 heterocycles. The van der Waals surface area contributed by atoms with Gasteiger partial charge in [0, 0.05) is 16.9 Å². The van der Waals surface area contributed by atoms with Crippen molar-refractivity contribution >= 4 is 23.6 Å². The topological polar surface area (TPSA) is 66.4 Å². The largest absolute Gasteiger partial charge is 0.481 e. The number of carboxylic acids is 1. The third-order valence-corrected chi connectivity index (χ3v) is 3.55. The SMILES string of the molecule is CC(C)(CCC(=O)O)NC(=O)c1ccccc1SC(F)F. The van der Waals surface area contributed by atoms with Gasteiger partial charge in [-0.3, -0.25) is 9.59 Å². The van der Waals surface area contributed by atoms with E-state index in [1.54, 1.807) is 26.0 Å². The fraction of sp³-hybridized carbons (Fsp3) is 0.429. The maximum Gasteiger partial charge on any atom is 0.303 e. The summed E-state index contributed by atoms with van der Waals surface area (Å²) < 4.78 is 25.0. The third kappa shape index (κ3) is 6.12. The fourth-order valence-corrected chi connectivity index (χ4v) is 2.35. The molecule has 4 nitrogen and oxygen atoms in total. The third-order valence-electron chi connectivity index (χ3n) is 2.76. The molecular weight excluding hydrogens is 300 g/mol. The summed E-state index contributed by atoms with van der Waals surface area (Å²) in [7, 11) is 0. The number of thioether (sulfide) groups is 1. The van der Waals surface area contributed by atoms with E-state index in [0.29, 0.717) is 11.8 Å². The molecule has 2 N–H and O–H groups in total. The van der Waals surface area contributed by atoms with Crippen LogP contribution in [0.15, 0.2) is 29.2 Å². The number of alkyl halides is 2. The van der Waals surface area contributed by atoms with Crippen LogP contribution in [0.3, 0.4) is 0 Å². The van der Waals surface area contributed by atoms with Gasteiger partial charge in [0.15, 0.2) is 0 Å². The first kappa shape index (κ1) is 17.4. The minimum atomic E-state index is -2.61. The van der Waals surface area contributed by atoms with Crippen LogP contribution in [0, 0.1) is 0 Å². The molecule has 116 valence electrons. The van der Waals surface area contributed by atoms with Gasteiger partial charge in [0.25, 0.3) is 11.7 Å². The van der Waals surface area contributed by atoms with Crippen molar-refractivity contribution in [1.82, 2.24) is 5.32 Å². The van der Waals surface area contributed by atoms with Crippen molar-refractivity contribution in [1.29, 1.82) is 0 Å². The van der Waals surface area contributed by atoms with E-state index in [1.165, 1.54) is 12.1 Å². The summed E-state index contributed by atoms with van der Waals surface area (Å²) in [6.45, 7) is 3.38. The first-order chi connectivity index (χ1) is 9.71. The molecule has 0 atom stereocenters. The van der Waals surface area contributed by atoms with Crippen molar-refractivity contribution in [2.24, 2.45) is 0 Å². The second kappa shape index (κ2) is 7.40. The molecule has 0 radical (unpaired) electrons. The molecule has 0 bridgehead atoms. The minimum Gasteiger partial charge on any atom is -0.481 e. The van der Waals surface area contributed by atoms with Gasteiger partial charge in [0.05, 0.1) is 5.56 Å². The maximum atomic E-state index is 12.5. The summed E-state index contributed by atoms with van der Waals surface area (Å²) in [6.07, 6.45) is 0.166. The number of hydrogen-bond donors (Lipinski definition) is 2. The van der Waals surface area contributed by atoms with E-state index in [-0.39, 0.29) is 23.3 Å². The zero-order chi connectivity index (χ0) is 16.0. The van der Waals surface area contributed by atoms with E-state index in [2.05, 4.69) is 5.32 Å². The normalized spacial score (nSPS) is 11.5. The van der Waals surface area contributed by atoms with Gasteiger partial charge in [0.2, 0.25) is 0 Å². The number of carboxylic acid groups (broad SMARTS) is 1. The zero-order valence-corrected chi connectivity index (χ0v) is 12.5. The lowest BCUT2D eigenvalue weighted by Gasteiger charge is -2.26. The Kier molecular flexibility index (Phi) is 6.14. The maximum absolute atomic E-state index is 12.5. The van der Waals surface area contributed by atoms with Crippen LogP contribution < -0.4 is 5.32 Å². The van der Waals surface area contributed by atoms with E-state index in [9.17, 15) is 18.4 Å². The standard InChI is InChI=1S/C14H17F2NO3S/c1-14(2,8-7-11(18)19)17-12(20)9-5-3-4-6-10(9)21-13(15)16/h3-6,13H,7-8H2,1-2H3,(H,17,20)(H,18,19). The van der Waals surface area contributed by atoms with Crippen molar-refractivity contribution in [3.63, 3.8) is 0 Å². The quantitative estimate of drug-likeness (QED) is 0.757. The Bertz CT molecular complexity index is 521. The van der Waals surface area contributed by atoms with Crippen LogP contribution in [-0.2, 0) is 4.79 Å². The van der Waals surface area contributed by atoms with Gasteiger partial charge in [-0.15, -0.1) is 0 Å². The fourth-order valence-electron chi connectivity index (χ4n) is 1.71. The zero-order valence-electron chi connectivity index (χ0n) is 11.7. The van der Waals surface area contributed by atoms with Crippen LogP contribution >= 0.6 is 11.8 Å². The van der Waals surface area contributed by atoms with Crippen molar-refractivity contribution < 1.29 is 23.5 Å². The molecule has 1 amide bonds. The number of aliphatic carboxylic acids is 1. The number of amides is 1. The molecule has 1 aromatic rings. The molecule has 0 saturated heterocycles. The molecule has 0 aromatic heterocycles. The van der Waals surface area contributed by atoms with Gasteiger partial charge in [-0.25, -0.2) is 0 Å². The highest BCUT2D eigenvalue weighted by Crippen LogP contribution is 2.28. The molecule has 0 spiro atoms. The van der Waals surface area contributed by atoms with E-state index >= 15 is 0 Å². The average molecular weight is 317 g/mol. The highest BCUT2D eigenvalue weighted by molar-refractivity contribution is 7.99. The van der Waals surface area contributed by atoms with Crippen LogP contribution in [0.4, 0.5) is 8.78 Å². The van der Waals surface area contributed by atoms with Gasteiger partial charge >= 0.3 is 5.97 Å². The first-order valence-electron chi connectivity index (χ1n) is 6.29. The lowest BCUT2D eigenvalue weighted by atomic mass is 9.98. The van der Waals surface area contributed by atoms with Crippen LogP contribution in [0.1, 0.15) is 37.0 Å². The molecule has 0 aliphatic heterocycles. The Balaban J connectivity index is 2.81. The van der Waals surface area contributed by atoms with Crippen molar-refractivity contribution in [2.75, 3.05) is 0 Å². The molecule has 7 heteroatoms. The molecule has 1 rings (SSSR count). The molecular formula is C14H17F2NO3S. The molecule has 0 fully saturated rings. The van der Waals surface area contributed by atoms with Gasteiger partial charge in [0.1, 0.15) is 0 Å². The lowest BCUT2D eigenvalue weighted by molar-refractivity contribution is -0.137. The number of halogens is 2. The van der Waals surface area contributed by atoms with Gasteiger partial charge in [-0.1, -0.05) is 23.9 Å². The van der Waals surface area contributed by atoms with Crippen molar-refractivity contribution in [3.05, 3.63) is 29.8 Å². The predicted octanol–water partition coefficient (Wildman–Crippen LogP) is 3.37. The molecule has 0 aliphatic rings. The van der Waals surface area contributed by atoms with Crippen molar-refractivity contribution in [2.45, 2.75) is 42.9 Å². The molecule has 0 aliphatic carbocycles. The van der Waals surface area contributed by atoms with Crippen LogP contribution in [0.2, 0.25) is 0 Å². The number of hydrogen-bond acceptors (Lipinski definition) is 3. The highest BCUT2D eigenvalue weighted by atomic mass is 32.2. The predicted molar refractivity (Wildman–Crippen MR) is 76.7 cm³/mol. The van der Waals surface area contributed by atoms with E-state index in [4.69, 9.17) is 5.11 Å². The Hall–Kier alpha value is -1.63. The Morgan fingerprint density at radius 3 is 2.52 bits per heavy atom. The Morgan fingerprint density at radius 2 is 1.95 bits per heavy atom. The average Bonchev–Trinajstić information content (AvgIpc) is 2.36. The summed E-state index contributed by atoms with van der Waals surface area (Å²) in [4.78, 5) is 23.0. The smallest absolute Gasteiger partial charge is 0.303 e. The van der Waals surface area contributed by atoms with Crippen LogP contribution in [-0.4, -0.2) is 28.3 Å². The highest BCUT2D eigenvalue weighted by Gasteiger charge is 2.24. The number of nitrogens with one attached hydrogen (secondary N) is 1. The second-order valence-corrected chi connectivity index (χ2v) is 6.14. The van der Waals surface area contributed by atoms with E-state index in [1.807, 2.05) is 0 Å². The Labute approximate surface area is 125 Å². The molecule has 1 aromatic carbocycles. The van der Waals surface area contributed by atoms with Crippen molar-refractivity contribution in [3.8, 4) is 0 Å². The summed E-state index contributed by atoms with van der Waals surface area (Å²) in [5.74, 6) is -4.06. The van der Waals surface area contributed by atoms with Crippen LogP contribution in [0.5, 0.6) is 0 Å². The molecule has 0 saturated carbocycles. The Morgan fingerprint density at radius 1 is 1.33 bits per heavy atom. The first-order valence-corrected chi connectivity index (χ1v) is 7.17. The molecule has 0 unspecified atom stereocenters. The van der Waals surface area contributed by atoms with E-state index < -0.39 is 23.2 Å². The van der Waals surface area contributed by atoms with Gasteiger partial charge in [-0.05, 0) is 32.4 Å². The number of rotatable bonds is 7. The summed E-state index contributed by atoms with van der Waals surface area (Å²) >= 11 is 0.309. The second-order valence-electron chi connectivity index (χ2n) is 5.11. The van der Waals surface area contributed by atoms with Gasteiger partial charge in [-0.2, -0.15) is 8.78 Å². The molecule has 21 heavy (non-hydrogen) atoms. The van der Waals surface area contributed by atoms with Crippen LogP contribution in [0.25, 0.3) is 0 Å². The summed E-state index contributed by atoms with van der Waals surface area (Å²) in [5.41, 5.74) is -0.579. The number of benzene rings is 1. The number of carbonyl (C=O) groups is 2. The lowest BCUT2D eigenvalue weighted by Crippen LogP contribution is -2.43. The number of carbonyl (C=O) groups excluding carboxylic acids is 1. The summed E-state index contributed by atoms with van der Waals surface area (Å²) in [5, 5.41) is 11.4. The minimum absolute atomic E-state index is 0.0826. The summed E-state index contributed by atoms with van der Waals surface area (Å²) in [6, 6.07) is 6.09. The monoisotopic (exact) mass is 317 g/mol. The van der Waals surface area contributed by atoms with Gasteiger partial charge < -0.3 is 10.4 Å². The van der Waals surface area contributed by atoms with E-state index in [0.717, 1.165) is 0 Å².